The Bertz CT molecular complexity index is 622. The van der Waals surface area contributed by atoms with E-state index in [0.717, 1.165) is 11.3 Å². The first-order valence-electron chi connectivity index (χ1n) is 6.18. The van der Waals surface area contributed by atoms with Crippen LogP contribution in [-0.2, 0) is 0 Å². The van der Waals surface area contributed by atoms with Gasteiger partial charge in [-0.15, -0.1) is 0 Å². The fourth-order valence-corrected chi connectivity index (χ4v) is 1.57. The van der Waals surface area contributed by atoms with Crippen LogP contribution in [0.4, 0.5) is 4.79 Å². The molecule has 0 heterocycles. The van der Waals surface area contributed by atoms with E-state index in [1.54, 1.807) is 19.2 Å². The molecule has 0 aromatic heterocycles. The lowest BCUT2D eigenvalue weighted by Crippen LogP contribution is -2.24. The van der Waals surface area contributed by atoms with Crippen LogP contribution in [0.15, 0.2) is 53.6 Å². The quantitative estimate of drug-likeness (QED) is 0.653. The second-order valence-corrected chi connectivity index (χ2v) is 4.08. The summed E-state index contributed by atoms with van der Waals surface area (Å²) in [6.45, 7) is 0. The van der Waals surface area contributed by atoms with Crippen LogP contribution in [0.2, 0.25) is 0 Å². The average molecular weight is 285 g/mol. The zero-order valence-corrected chi connectivity index (χ0v) is 11.4. The molecular weight excluding hydrogens is 270 g/mol. The molecule has 0 spiro atoms. The van der Waals surface area contributed by atoms with Crippen molar-refractivity contribution < 1.29 is 14.3 Å². The number of nitrogens with one attached hydrogen (secondary N) is 1. The van der Waals surface area contributed by atoms with Gasteiger partial charge in [0, 0.05) is 0 Å². The zero-order valence-electron chi connectivity index (χ0n) is 11.4. The second-order valence-electron chi connectivity index (χ2n) is 4.08. The largest absolute Gasteiger partial charge is 0.497 e. The molecule has 21 heavy (non-hydrogen) atoms. The molecule has 2 aromatic rings. The summed E-state index contributed by atoms with van der Waals surface area (Å²) in [5.41, 5.74) is 7.83. The normalized spacial score (nSPS) is 10.3. The van der Waals surface area contributed by atoms with Crippen LogP contribution >= 0.6 is 0 Å². The first kappa shape index (κ1) is 14.4. The molecule has 0 saturated heterocycles. The van der Waals surface area contributed by atoms with Gasteiger partial charge in [0.1, 0.15) is 17.2 Å². The number of hydrogen-bond donors (Lipinski definition) is 2. The second kappa shape index (κ2) is 6.95. The molecule has 3 N–H and O–H groups in total. The number of primary amides is 1. The van der Waals surface area contributed by atoms with Crippen molar-refractivity contribution in [3.63, 3.8) is 0 Å². The molecule has 0 aliphatic carbocycles. The number of hydrazone groups is 1. The molecule has 0 saturated carbocycles. The maximum absolute atomic E-state index is 10.5. The molecule has 6 nitrogen and oxygen atoms in total. The number of ether oxygens (including phenoxy) is 2. The van der Waals surface area contributed by atoms with Gasteiger partial charge in [0.2, 0.25) is 0 Å². The Labute approximate surface area is 122 Å². The third kappa shape index (κ3) is 4.54. The fourth-order valence-electron chi connectivity index (χ4n) is 1.57. The van der Waals surface area contributed by atoms with Crippen LogP contribution in [0, 0.1) is 0 Å². The lowest BCUT2D eigenvalue weighted by molar-refractivity contribution is 0.249. The zero-order chi connectivity index (χ0) is 15.1. The number of nitrogens with zero attached hydrogens (tertiary/aromatic N) is 1. The molecule has 2 amide bonds. The molecule has 2 rings (SSSR count). The number of nitrogens with two attached hydrogens (primary N) is 1. The molecule has 0 bridgehead atoms. The van der Waals surface area contributed by atoms with E-state index in [-0.39, 0.29) is 0 Å². The van der Waals surface area contributed by atoms with Crippen LogP contribution in [-0.4, -0.2) is 19.4 Å². The Morgan fingerprint density at radius 1 is 1.05 bits per heavy atom. The minimum atomic E-state index is -0.703. The van der Waals surface area contributed by atoms with Gasteiger partial charge in [0.05, 0.1) is 13.3 Å². The van der Waals surface area contributed by atoms with Gasteiger partial charge in [-0.3, -0.25) is 0 Å². The summed E-state index contributed by atoms with van der Waals surface area (Å²) in [6, 6.07) is 13.8. The van der Waals surface area contributed by atoms with Crippen molar-refractivity contribution in [2.24, 2.45) is 10.8 Å². The van der Waals surface area contributed by atoms with Gasteiger partial charge >= 0.3 is 6.03 Å². The van der Waals surface area contributed by atoms with E-state index in [1.807, 2.05) is 36.4 Å². The maximum atomic E-state index is 10.5. The predicted octanol–water partition coefficient (Wildman–Crippen LogP) is 2.49. The number of benzene rings is 2. The summed E-state index contributed by atoms with van der Waals surface area (Å²) in [5, 5.41) is 3.67. The topological polar surface area (TPSA) is 85.9 Å². The molecule has 0 aliphatic rings. The Balaban J connectivity index is 1.98. The van der Waals surface area contributed by atoms with Gasteiger partial charge in [0.25, 0.3) is 0 Å². The van der Waals surface area contributed by atoms with Gasteiger partial charge in [0.15, 0.2) is 0 Å². The van der Waals surface area contributed by atoms with Gasteiger partial charge in [-0.1, -0.05) is 0 Å². The molecule has 0 unspecified atom stereocenters. The van der Waals surface area contributed by atoms with Gasteiger partial charge in [-0.2, -0.15) is 5.10 Å². The van der Waals surface area contributed by atoms with Crippen molar-refractivity contribution >= 4 is 12.2 Å². The van der Waals surface area contributed by atoms with Crippen molar-refractivity contribution in [3.8, 4) is 17.2 Å². The molecule has 108 valence electrons. The van der Waals surface area contributed by atoms with Gasteiger partial charge in [-0.05, 0) is 54.1 Å². The lowest BCUT2D eigenvalue weighted by atomic mass is 10.2. The first-order chi connectivity index (χ1) is 10.2. The first-order valence-corrected chi connectivity index (χ1v) is 6.18. The minimum absolute atomic E-state index is 0.695. The highest BCUT2D eigenvalue weighted by atomic mass is 16.5. The van der Waals surface area contributed by atoms with Gasteiger partial charge in [-0.25, -0.2) is 10.2 Å². The third-order valence-corrected chi connectivity index (χ3v) is 2.56. The van der Waals surface area contributed by atoms with E-state index in [4.69, 9.17) is 15.2 Å². The summed E-state index contributed by atoms with van der Waals surface area (Å²) in [5.74, 6) is 2.18. The monoisotopic (exact) mass is 285 g/mol. The van der Waals surface area contributed by atoms with Crippen LogP contribution in [0.1, 0.15) is 5.56 Å². The Morgan fingerprint density at radius 2 is 1.57 bits per heavy atom. The average Bonchev–Trinajstić information content (AvgIpc) is 2.49. The SMILES string of the molecule is COc1ccc(Oc2ccc(C=NNC(N)=O)cc2)cc1. The number of carbonyl (C=O) groups is 1. The Hall–Kier alpha value is -3.02. The third-order valence-electron chi connectivity index (χ3n) is 2.56. The highest BCUT2D eigenvalue weighted by Crippen LogP contribution is 2.23. The number of rotatable bonds is 5. The van der Waals surface area contributed by atoms with E-state index < -0.39 is 6.03 Å². The highest BCUT2D eigenvalue weighted by molar-refractivity contribution is 5.81. The fraction of sp³-hybridized carbons (Fsp3) is 0.0667. The molecule has 0 atom stereocenters. The summed E-state index contributed by atoms with van der Waals surface area (Å²) in [7, 11) is 1.61. The summed E-state index contributed by atoms with van der Waals surface area (Å²) in [6.07, 6.45) is 1.49. The molecule has 6 heteroatoms. The summed E-state index contributed by atoms with van der Waals surface area (Å²) in [4.78, 5) is 10.5. The molecule has 0 aliphatic heterocycles. The number of carbonyl (C=O) groups excluding carboxylic acids is 1. The smallest absolute Gasteiger partial charge is 0.332 e. The number of amides is 2. The van der Waals surface area contributed by atoms with Crippen LogP contribution in [0.3, 0.4) is 0 Å². The summed E-state index contributed by atoms with van der Waals surface area (Å²) >= 11 is 0. The van der Waals surface area contributed by atoms with E-state index in [1.165, 1.54) is 6.21 Å². The van der Waals surface area contributed by atoms with Crippen LogP contribution in [0.5, 0.6) is 17.2 Å². The highest BCUT2D eigenvalue weighted by Gasteiger charge is 1.98. The number of methoxy groups -OCH3 is 1. The molecule has 0 fully saturated rings. The minimum Gasteiger partial charge on any atom is -0.497 e. The molecule has 0 radical (unpaired) electrons. The van der Waals surface area contributed by atoms with Crippen molar-refractivity contribution in [2.75, 3.05) is 7.11 Å². The predicted molar refractivity (Wildman–Crippen MR) is 79.8 cm³/mol. The van der Waals surface area contributed by atoms with Crippen molar-refractivity contribution in [3.05, 3.63) is 54.1 Å². The van der Waals surface area contributed by atoms with Crippen molar-refractivity contribution in [1.82, 2.24) is 5.43 Å². The van der Waals surface area contributed by atoms with Gasteiger partial charge < -0.3 is 15.2 Å². The van der Waals surface area contributed by atoms with E-state index in [9.17, 15) is 4.79 Å². The molecule has 2 aromatic carbocycles. The van der Waals surface area contributed by atoms with Crippen LogP contribution in [0.25, 0.3) is 0 Å². The van der Waals surface area contributed by atoms with E-state index in [2.05, 4.69) is 10.5 Å². The van der Waals surface area contributed by atoms with E-state index in [0.29, 0.717) is 11.5 Å². The Kier molecular flexibility index (Phi) is 4.76. The van der Waals surface area contributed by atoms with Crippen LogP contribution < -0.4 is 20.6 Å². The Morgan fingerprint density at radius 3 is 2.10 bits per heavy atom. The standard InChI is InChI=1S/C15H15N3O3/c1-20-12-6-8-14(9-7-12)21-13-4-2-11(3-5-13)10-17-18-15(16)19/h2-10H,1H3,(H3,16,18,19). The molecular formula is C15H15N3O3. The maximum Gasteiger partial charge on any atom is 0.332 e. The number of urea groups is 1. The van der Waals surface area contributed by atoms with E-state index >= 15 is 0 Å². The lowest BCUT2D eigenvalue weighted by Gasteiger charge is -2.06. The van der Waals surface area contributed by atoms with Crippen molar-refractivity contribution in [1.29, 1.82) is 0 Å². The summed E-state index contributed by atoms with van der Waals surface area (Å²) < 4.78 is 10.8. The van der Waals surface area contributed by atoms with Crippen molar-refractivity contribution in [2.45, 2.75) is 0 Å². The number of hydrogen-bond acceptors (Lipinski definition) is 4.